The van der Waals surface area contributed by atoms with E-state index < -0.39 is 0 Å². The average Bonchev–Trinajstić information content (AvgIpc) is 3.28. The minimum Gasteiger partial charge on any atom is -0.495 e. The Balaban J connectivity index is 1.35. The number of ether oxygens (including phenoxy) is 2. The zero-order chi connectivity index (χ0) is 26.7. The van der Waals surface area contributed by atoms with Crippen LogP contribution in [0, 0.1) is 11.3 Å². The highest BCUT2D eigenvalue weighted by atomic mass is 16.5. The molecule has 196 valence electrons. The fourth-order valence-corrected chi connectivity index (χ4v) is 5.02. The van der Waals surface area contributed by atoms with Gasteiger partial charge in [-0.2, -0.15) is 5.26 Å². The molecule has 1 amide bonds. The number of hydrogen-bond acceptors (Lipinski definition) is 9. The summed E-state index contributed by atoms with van der Waals surface area (Å²) >= 11 is 0. The molecule has 3 aromatic rings. The van der Waals surface area contributed by atoms with Gasteiger partial charge >= 0.3 is 0 Å². The summed E-state index contributed by atoms with van der Waals surface area (Å²) in [5, 5.41) is 15.8. The molecule has 1 unspecified atom stereocenters. The predicted molar refractivity (Wildman–Crippen MR) is 144 cm³/mol. The standard InChI is InChI=1S/C28H31N7O3/c1-28(9-10-29)17-32-25-21(28)14-19(16-31-25)22-6-11-30-27(33-22)34-23-5-4-18(15-24(23)38-3)26(36)35-12-7-20(37-2)8-13-35/h4-6,11,14-16,20H,7-9,12-13,17H2,1-3H3,(H,31,32)(H,30,33,34). The number of benzene rings is 1. The normalized spacial score (nSPS) is 18.8. The third-order valence-corrected chi connectivity index (χ3v) is 7.36. The Morgan fingerprint density at radius 2 is 2.05 bits per heavy atom. The van der Waals surface area contributed by atoms with E-state index in [-0.39, 0.29) is 17.4 Å². The molecule has 1 fully saturated rings. The van der Waals surface area contributed by atoms with Crippen LogP contribution in [-0.4, -0.2) is 65.7 Å². The second-order valence-electron chi connectivity index (χ2n) is 9.90. The number of amides is 1. The Kier molecular flexibility index (Phi) is 7.11. The van der Waals surface area contributed by atoms with E-state index in [0.29, 0.717) is 54.7 Å². The van der Waals surface area contributed by atoms with E-state index in [0.717, 1.165) is 29.8 Å². The molecule has 1 saturated heterocycles. The van der Waals surface area contributed by atoms with E-state index in [4.69, 9.17) is 9.47 Å². The number of nitrogens with zero attached hydrogens (tertiary/aromatic N) is 5. The van der Waals surface area contributed by atoms with Crippen molar-refractivity contribution in [2.24, 2.45) is 0 Å². The number of hydrogen-bond donors (Lipinski definition) is 2. The van der Waals surface area contributed by atoms with Gasteiger partial charge in [-0.05, 0) is 43.2 Å². The van der Waals surface area contributed by atoms with E-state index in [1.54, 1.807) is 44.8 Å². The Morgan fingerprint density at radius 3 is 2.79 bits per heavy atom. The lowest BCUT2D eigenvalue weighted by atomic mass is 9.82. The second-order valence-corrected chi connectivity index (χ2v) is 9.90. The minimum atomic E-state index is -0.298. The maximum absolute atomic E-state index is 13.1. The first-order chi connectivity index (χ1) is 18.4. The summed E-state index contributed by atoms with van der Waals surface area (Å²) in [5.41, 5.74) is 3.47. The van der Waals surface area contributed by atoms with Crippen molar-refractivity contribution in [3.05, 3.63) is 53.9 Å². The fraction of sp³-hybridized carbons (Fsp3) is 0.393. The van der Waals surface area contributed by atoms with Crippen LogP contribution in [0.3, 0.4) is 0 Å². The van der Waals surface area contributed by atoms with Gasteiger partial charge in [0.25, 0.3) is 5.91 Å². The number of methoxy groups -OCH3 is 2. The first-order valence-corrected chi connectivity index (χ1v) is 12.7. The van der Waals surface area contributed by atoms with Crippen molar-refractivity contribution in [2.45, 2.75) is 37.7 Å². The van der Waals surface area contributed by atoms with E-state index >= 15 is 0 Å². The molecule has 2 N–H and O–H groups in total. The number of pyridine rings is 1. The molecule has 4 heterocycles. The van der Waals surface area contributed by atoms with Crippen molar-refractivity contribution >= 4 is 23.4 Å². The van der Waals surface area contributed by atoms with Gasteiger partial charge in [0, 0.05) is 67.7 Å². The SMILES string of the molecule is COc1cc(C(=O)N2CCC(OC)CC2)ccc1Nc1nccc(-c2cnc3c(c2)C(C)(CC#N)CN3)n1. The molecule has 0 saturated carbocycles. The third kappa shape index (κ3) is 4.97. The molecule has 38 heavy (non-hydrogen) atoms. The number of nitrogens with one attached hydrogen (secondary N) is 2. The van der Waals surface area contributed by atoms with Gasteiger partial charge in [0.1, 0.15) is 11.6 Å². The Labute approximate surface area is 222 Å². The Hall–Kier alpha value is -4.23. The number of rotatable bonds is 7. The summed E-state index contributed by atoms with van der Waals surface area (Å²) in [6.45, 7) is 4.08. The summed E-state index contributed by atoms with van der Waals surface area (Å²) in [6.07, 6.45) is 5.73. The molecule has 0 aliphatic carbocycles. The van der Waals surface area contributed by atoms with Crippen molar-refractivity contribution < 1.29 is 14.3 Å². The van der Waals surface area contributed by atoms with Crippen LogP contribution in [0.5, 0.6) is 5.75 Å². The maximum atomic E-state index is 13.1. The van der Waals surface area contributed by atoms with Crippen LogP contribution < -0.4 is 15.4 Å². The Morgan fingerprint density at radius 1 is 1.24 bits per heavy atom. The molecule has 2 aliphatic rings. The van der Waals surface area contributed by atoms with Gasteiger partial charge in [-0.3, -0.25) is 4.79 Å². The largest absolute Gasteiger partial charge is 0.495 e. The fourth-order valence-electron chi connectivity index (χ4n) is 5.02. The molecule has 10 heteroatoms. The van der Waals surface area contributed by atoms with Crippen LogP contribution in [0.2, 0.25) is 0 Å². The van der Waals surface area contributed by atoms with Gasteiger partial charge in [0.15, 0.2) is 0 Å². The number of anilines is 3. The van der Waals surface area contributed by atoms with Crippen LogP contribution in [0.4, 0.5) is 17.5 Å². The van der Waals surface area contributed by atoms with Crippen molar-refractivity contribution in [1.29, 1.82) is 5.26 Å². The molecule has 1 aromatic carbocycles. The zero-order valence-corrected chi connectivity index (χ0v) is 21.8. The number of fused-ring (bicyclic) bond motifs is 1. The highest BCUT2D eigenvalue weighted by molar-refractivity contribution is 5.95. The molecule has 1 atom stereocenters. The maximum Gasteiger partial charge on any atom is 0.253 e. The van der Waals surface area contributed by atoms with Crippen molar-refractivity contribution in [3.63, 3.8) is 0 Å². The number of aromatic nitrogens is 3. The third-order valence-electron chi connectivity index (χ3n) is 7.36. The van der Waals surface area contributed by atoms with E-state index in [1.165, 1.54) is 0 Å². The average molecular weight is 514 g/mol. The minimum absolute atomic E-state index is 0.0235. The lowest BCUT2D eigenvalue weighted by molar-refractivity contribution is 0.0350. The quantitative estimate of drug-likeness (QED) is 0.479. The first-order valence-electron chi connectivity index (χ1n) is 12.7. The number of carbonyl (C=O) groups is 1. The van der Waals surface area contributed by atoms with E-state index in [1.807, 2.05) is 17.0 Å². The smallest absolute Gasteiger partial charge is 0.253 e. The van der Waals surface area contributed by atoms with Gasteiger partial charge < -0.3 is 25.0 Å². The van der Waals surface area contributed by atoms with Crippen LogP contribution in [0.15, 0.2) is 42.7 Å². The van der Waals surface area contributed by atoms with Crippen molar-refractivity contribution in [3.8, 4) is 23.1 Å². The van der Waals surface area contributed by atoms with E-state index in [9.17, 15) is 10.1 Å². The number of nitriles is 1. The summed E-state index contributed by atoms with van der Waals surface area (Å²) < 4.78 is 11.0. The molecule has 10 nitrogen and oxygen atoms in total. The highest BCUT2D eigenvalue weighted by Gasteiger charge is 2.35. The molecule has 0 radical (unpaired) electrons. The van der Waals surface area contributed by atoms with Crippen molar-refractivity contribution in [1.82, 2.24) is 19.9 Å². The number of piperidine rings is 1. The van der Waals surface area contributed by atoms with Gasteiger partial charge in [-0.15, -0.1) is 0 Å². The number of carbonyl (C=O) groups excluding carboxylic acids is 1. The van der Waals surface area contributed by atoms with Crippen LogP contribution in [0.1, 0.15) is 42.1 Å². The van der Waals surface area contributed by atoms with Gasteiger partial charge in [-0.25, -0.2) is 15.0 Å². The lowest BCUT2D eigenvalue weighted by Gasteiger charge is -2.31. The summed E-state index contributed by atoms with van der Waals surface area (Å²) in [7, 11) is 3.28. The van der Waals surface area contributed by atoms with E-state index in [2.05, 4.69) is 38.6 Å². The summed E-state index contributed by atoms with van der Waals surface area (Å²) in [4.78, 5) is 28.5. The zero-order valence-electron chi connectivity index (χ0n) is 21.8. The molecule has 2 aliphatic heterocycles. The Bertz CT molecular complexity index is 1380. The number of likely N-dealkylation sites (tertiary alicyclic amines) is 1. The predicted octanol–water partition coefficient (Wildman–Crippen LogP) is 4.14. The van der Waals surface area contributed by atoms with Gasteiger partial charge in [0.05, 0.1) is 30.7 Å². The second kappa shape index (κ2) is 10.6. The molecule has 0 bridgehead atoms. The lowest BCUT2D eigenvalue weighted by Crippen LogP contribution is -2.40. The molecular formula is C28H31N7O3. The van der Waals surface area contributed by atoms with Crippen LogP contribution in [-0.2, 0) is 10.2 Å². The topological polar surface area (TPSA) is 125 Å². The highest BCUT2D eigenvalue weighted by Crippen LogP contribution is 2.39. The molecule has 0 spiro atoms. The van der Waals surface area contributed by atoms with Gasteiger partial charge in [0.2, 0.25) is 5.95 Å². The van der Waals surface area contributed by atoms with Crippen LogP contribution >= 0.6 is 0 Å². The van der Waals surface area contributed by atoms with Gasteiger partial charge in [-0.1, -0.05) is 6.92 Å². The summed E-state index contributed by atoms with van der Waals surface area (Å²) in [5.74, 6) is 1.69. The van der Waals surface area contributed by atoms with Crippen molar-refractivity contribution in [2.75, 3.05) is 44.5 Å². The first kappa shape index (κ1) is 25.4. The van der Waals surface area contributed by atoms with Crippen LogP contribution in [0.25, 0.3) is 11.3 Å². The molecular weight excluding hydrogens is 482 g/mol. The summed E-state index contributed by atoms with van der Waals surface area (Å²) in [6, 6.07) is 11.5. The molecule has 5 rings (SSSR count). The monoisotopic (exact) mass is 513 g/mol. The molecule has 2 aromatic heterocycles.